The number of hydrogen-bond donors (Lipinski definition) is 2. The molecular weight excluding hydrogens is 394 g/mol. The molecule has 31 heavy (non-hydrogen) atoms. The van der Waals surface area contributed by atoms with Gasteiger partial charge in [0.25, 0.3) is 11.5 Å². The summed E-state index contributed by atoms with van der Waals surface area (Å²) in [4.78, 5) is 25.5. The van der Waals surface area contributed by atoms with Crippen molar-refractivity contribution in [2.45, 2.75) is 6.54 Å². The Morgan fingerprint density at radius 3 is 2.61 bits per heavy atom. The Hall–Kier alpha value is -4.20. The number of pyridine rings is 1. The third-order valence-electron chi connectivity index (χ3n) is 4.95. The van der Waals surface area contributed by atoms with Crippen molar-refractivity contribution in [2.24, 2.45) is 0 Å². The number of nitrogens with one attached hydrogen (secondary N) is 2. The van der Waals surface area contributed by atoms with Crippen LogP contribution in [-0.4, -0.2) is 34.8 Å². The van der Waals surface area contributed by atoms with Crippen LogP contribution in [0.25, 0.3) is 10.8 Å². The molecule has 0 aliphatic carbocycles. The smallest absolute Gasteiger partial charge is 0.273 e. The summed E-state index contributed by atoms with van der Waals surface area (Å²) in [5.74, 6) is 0.395. The van der Waals surface area contributed by atoms with Crippen LogP contribution in [0.5, 0.6) is 5.75 Å². The Kier molecular flexibility index (Phi) is 5.61. The lowest BCUT2D eigenvalue weighted by atomic mass is 10.1. The van der Waals surface area contributed by atoms with Crippen LogP contribution < -0.4 is 20.9 Å². The minimum absolute atomic E-state index is 0.139. The summed E-state index contributed by atoms with van der Waals surface area (Å²) >= 11 is 0. The maximum atomic E-state index is 13.3. The van der Waals surface area contributed by atoms with Crippen molar-refractivity contribution in [3.8, 4) is 5.75 Å². The van der Waals surface area contributed by atoms with E-state index in [0.717, 1.165) is 16.7 Å². The average molecular weight is 415 g/mol. The Bertz CT molecular complexity index is 1300. The first-order chi connectivity index (χ1) is 15.1. The van der Waals surface area contributed by atoms with E-state index in [1.54, 1.807) is 30.0 Å². The molecule has 8 nitrogen and oxygen atoms in total. The molecule has 0 aliphatic rings. The minimum Gasteiger partial charge on any atom is -0.497 e. The van der Waals surface area contributed by atoms with Crippen molar-refractivity contribution in [3.63, 3.8) is 0 Å². The van der Waals surface area contributed by atoms with Crippen LogP contribution >= 0.6 is 0 Å². The van der Waals surface area contributed by atoms with Gasteiger partial charge < -0.3 is 19.9 Å². The van der Waals surface area contributed by atoms with Crippen LogP contribution in [-0.2, 0) is 6.54 Å². The highest BCUT2D eigenvalue weighted by molar-refractivity contribution is 6.00. The first-order valence-electron chi connectivity index (χ1n) is 9.66. The fourth-order valence-corrected chi connectivity index (χ4v) is 3.35. The number of amides is 1. The average Bonchev–Trinajstić information content (AvgIpc) is 2.81. The van der Waals surface area contributed by atoms with Gasteiger partial charge in [0.2, 0.25) is 0 Å². The summed E-state index contributed by atoms with van der Waals surface area (Å²) in [5, 5.41) is 14.8. The molecule has 0 saturated carbocycles. The van der Waals surface area contributed by atoms with E-state index in [2.05, 4.69) is 20.8 Å². The molecule has 1 amide bonds. The molecule has 4 rings (SSSR count). The lowest BCUT2D eigenvalue weighted by molar-refractivity contribution is 0.0958. The highest BCUT2D eigenvalue weighted by atomic mass is 16.5. The van der Waals surface area contributed by atoms with E-state index >= 15 is 0 Å². The Morgan fingerprint density at radius 1 is 1.06 bits per heavy atom. The van der Waals surface area contributed by atoms with Crippen molar-refractivity contribution in [1.82, 2.24) is 20.1 Å². The van der Waals surface area contributed by atoms with Crippen LogP contribution in [0.3, 0.4) is 0 Å². The first kappa shape index (κ1) is 20.1. The number of hydrogen-bond acceptors (Lipinski definition) is 6. The number of methoxy groups -OCH3 is 1. The second-order valence-corrected chi connectivity index (χ2v) is 6.86. The summed E-state index contributed by atoms with van der Waals surface area (Å²) in [6.07, 6.45) is 3.27. The normalized spacial score (nSPS) is 10.6. The fourth-order valence-electron chi connectivity index (χ4n) is 3.35. The van der Waals surface area contributed by atoms with E-state index in [1.807, 2.05) is 42.5 Å². The van der Waals surface area contributed by atoms with E-state index in [-0.39, 0.29) is 17.2 Å². The van der Waals surface area contributed by atoms with Crippen molar-refractivity contribution in [3.05, 3.63) is 88.6 Å². The zero-order valence-corrected chi connectivity index (χ0v) is 17.1. The number of carbonyl (C=O) groups is 1. The molecule has 2 N–H and O–H groups in total. The van der Waals surface area contributed by atoms with Gasteiger partial charge in [-0.3, -0.25) is 9.59 Å². The number of carbonyl (C=O) groups excluding carboxylic acids is 1. The second-order valence-electron chi connectivity index (χ2n) is 6.86. The maximum Gasteiger partial charge on any atom is 0.273 e. The largest absolute Gasteiger partial charge is 0.497 e. The highest BCUT2D eigenvalue weighted by Gasteiger charge is 2.15. The molecule has 0 aliphatic heterocycles. The van der Waals surface area contributed by atoms with Gasteiger partial charge in [0.05, 0.1) is 36.6 Å². The third kappa shape index (κ3) is 4.09. The van der Waals surface area contributed by atoms with Crippen LogP contribution in [0.2, 0.25) is 0 Å². The molecule has 0 unspecified atom stereocenters. The van der Waals surface area contributed by atoms with Crippen molar-refractivity contribution in [2.75, 3.05) is 19.5 Å². The van der Waals surface area contributed by atoms with Crippen LogP contribution in [0.15, 0.2) is 71.8 Å². The van der Waals surface area contributed by atoms with E-state index in [4.69, 9.17) is 4.74 Å². The summed E-state index contributed by atoms with van der Waals surface area (Å²) in [6.45, 7) is 0.424. The fraction of sp³-hybridized carbons (Fsp3) is 0.130. The van der Waals surface area contributed by atoms with Gasteiger partial charge >= 0.3 is 0 Å². The highest BCUT2D eigenvalue weighted by Crippen LogP contribution is 2.25. The lowest BCUT2D eigenvalue weighted by Crippen LogP contribution is -2.22. The molecule has 0 spiro atoms. The SMILES string of the molecule is CNC(=O)c1nnccc1Nc1cccc2ccn(Cc3ccc(OC)cc3)c(=O)c12. The Balaban J connectivity index is 1.75. The van der Waals surface area contributed by atoms with Crippen LogP contribution in [0.1, 0.15) is 16.1 Å². The monoisotopic (exact) mass is 415 g/mol. The van der Waals surface area contributed by atoms with Gasteiger partial charge in [-0.15, -0.1) is 5.10 Å². The maximum absolute atomic E-state index is 13.3. The molecular formula is C23H21N5O3. The lowest BCUT2D eigenvalue weighted by Gasteiger charge is -2.13. The van der Waals surface area contributed by atoms with Gasteiger partial charge in [0, 0.05) is 13.2 Å². The number of ether oxygens (including phenoxy) is 1. The van der Waals surface area contributed by atoms with Crippen molar-refractivity contribution >= 4 is 28.1 Å². The van der Waals surface area contributed by atoms with Gasteiger partial charge in [-0.1, -0.05) is 24.3 Å². The van der Waals surface area contributed by atoms with Gasteiger partial charge in [-0.2, -0.15) is 5.10 Å². The zero-order valence-electron chi connectivity index (χ0n) is 17.1. The van der Waals surface area contributed by atoms with Crippen LogP contribution in [0.4, 0.5) is 11.4 Å². The number of nitrogens with zero attached hydrogens (tertiary/aromatic N) is 3. The van der Waals surface area contributed by atoms with Crippen LogP contribution in [0, 0.1) is 0 Å². The molecule has 0 saturated heterocycles. The van der Waals surface area contributed by atoms with Crippen molar-refractivity contribution < 1.29 is 9.53 Å². The third-order valence-corrected chi connectivity index (χ3v) is 4.95. The summed E-state index contributed by atoms with van der Waals surface area (Å²) in [6, 6.07) is 16.7. The minimum atomic E-state index is -0.368. The predicted octanol–water partition coefficient (Wildman–Crippen LogP) is 2.95. The van der Waals surface area contributed by atoms with E-state index < -0.39 is 0 Å². The summed E-state index contributed by atoms with van der Waals surface area (Å²) in [5.41, 5.74) is 2.04. The molecule has 2 aromatic heterocycles. The number of anilines is 2. The molecule has 0 atom stereocenters. The molecule has 0 fully saturated rings. The number of fused-ring (bicyclic) bond motifs is 1. The van der Waals surface area contributed by atoms with E-state index in [1.165, 1.54) is 13.2 Å². The Labute approximate surface area is 178 Å². The second kappa shape index (κ2) is 8.66. The zero-order chi connectivity index (χ0) is 21.8. The number of rotatable bonds is 6. The molecule has 0 radical (unpaired) electrons. The molecule has 0 bridgehead atoms. The molecule has 156 valence electrons. The topological polar surface area (TPSA) is 98.1 Å². The molecule has 4 aromatic rings. The standard InChI is InChI=1S/C23H21N5O3/c1-24-22(29)21-19(10-12-25-27-21)26-18-5-3-4-16-11-13-28(23(30)20(16)18)14-15-6-8-17(31-2)9-7-15/h3-13H,14H2,1-2H3,(H,24,29)(H,25,26). The summed E-state index contributed by atoms with van der Waals surface area (Å²) < 4.78 is 6.85. The van der Waals surface area contributed by atoms with Gasteiger partial charge in [0.1, 0.15) is 5.75 Å². The summed E-state index contributed by atoms with van der Waals surface area (Å²) in [7, 11) is 3.14. The molecule has 2 aromatic carbocycles. The van der Waals surface area contributed by atoms with E-state index in [0.29, 0.717) is 23.3 Å². The number of benzene rings is 2. The number of aromatic nitrogens is 3. The predicted molar refractivity (Wildman–Crippen MR) is 119 cm³/mol. The first-order valence-corrected chi connectivity index (χ1v) is 9.66. The molecule has 2 heterocycles. The molecule has 8 heteroatoms. The van der Waals surface area contributed by atoms with Crippen molar-refractivity contribution in [1.29, 1.82) is 0 Å². The van der Waals surface area contributed by atoms with Gasteiger partial charge in [-0.05, 0) is 41.3 Å². The van der Waals surface area contributed by atoms with E-state index in [9.17, 15) is 9.59 Å². The Morgan fingerprint density at radius 2 is 1.87 bits per heavy atom. The quantitative estimate of drug-likeness (QED) is 0.502. The van der Waals surface area contributed by atoms with Gasteiger partial charge in [0.15, 0.2) is 5.69 Å². The van der Waals surface area contributed by atoms with Gasteiger partial charge in [-0.25, -0.2) is 0 Å².